The molecule has 17 heavy (non-hydrogen) atoms. The Labute approximate surface area is 101 Å². The lowest BCUT2D eigenvalue weighted by Crippen LogP contribution is -2.39. The fourth-order valence-electron chi connectivity index (χ4n) is 1.68. The average molecular weight is 239 g/mol. The lowest BCUT2D eigenvalue weighted by molar-refractivity contribution is 0.0664. The molecule has 0 spiro atoms. The van der Waals surface area contributed by atoms with E-state index in [4.69, 9.17) is 5.11 Å². The van der Waals surface area contributed by atoms with Gasteiger partial charge < -0.3 is 10.0 Å². The Hall–Kier alpha value is -1.42. The van der Waals surface area contributed by atoms with E-state index in [1.54, 1.807) is 13.0 Å². The van der Waals surface area contributed by atoms with Crippen molar-refractivity contribution in [1.82, 2.24) is 4.90 Å². The lowest BCUT2D eigenvalue weighted by atomic mass is 10.1. The molecule has 3 nitrogen and oxygen atoms in total. The molecule has 0 radical (unpaired) electrons. The molecule has 1 aromatic rings. The Morgan fingerprint density at radius 1 is 1.47 bits per heavy atom. The van der Waals surface area contributed by atoms with Gasteiger partial charge in [-0.25, -0.2) is 4.39 Å². The molecule has 0 aliphatic carbocycles. The van der Waals surface area contributed by atoms with Crippen molar-refractivity contribution in [2.45, 2.75) is 26.8 Å². The molecular weight excluding hydrogens is 221 g/mol. The number of hydrogen-bond acceptors (Lipinski definition) is 2. The normalized spacial score (nSPS) is 10.7. The number of aliphatic hydroxyl groups excluding tert-OH is 1. The van der Waals surface area contributed by atoms with Crippen molar-refractivity contribution in [3.63, 3.8) is 0 Å². The molecule has 1 amide bonds. The average Bonchev–Trinajstić information content (AvgIpc) is 2.28. The van der Waals surface area contributed by atoms with Crippen LogP contribution in [0.25, 0.3) is 0 Å². The van der Waals surface area contributed by atoms with Gasteiger partial charge in [-0.2, -0.15) is 0 Å². The summed E-state index contributed by atoms with van der Waals surface area (Å²) in [6, 6.07) is 4.12. The van der Waals surface area contributed by atoms with Gasteiger partial charge in [0.05, 0.1) is 6.61 Å². The predicted octanol–water partition coefficient (Wildman–Crippen LogP) is 1.98. The second-order valence-electron chi connectivity index (χ2n) is 4.28. The van der Waals surface area contributed by atoms with Crippen LogP contribution >= 0.6 is 0 Å². The summed E-state index contributed by atoms with van der Waals surface area (Å²) in [6.45, 7) is 5.65. The number of halogens is 1. The van der Waals surface area contributed by atoms with Crippen LogP contribution in [0.15, 0.2) is 18.2 Å². The predicted molar refractivity (Wildman–Crippen MR) is 64.4 cm³/mol. The Kier molecular flexibility index (Phi) is 4.63. The largest absolute Gasteiger partial charge is 0.395 e. The molecule has 0 heterocycles. The number of aliphatic hydroxyl groups is 1. The van der Waals surface area contributed by atoms with Crippen molar-refractivity contribution in [3.05, 3.63) is 35.1 Å². The van der Waals surface area contributed by atoms with Crippen LogP contribution in [-0.2, 0) is 0 Å². The maximum Gasteiger partial charge on any atom is 0.254 e. The van der Waals surface area contributed by atoms with Crippen LogP contribution in [-0.4, -0.2) is 35.1 Å². The second-order valence-corrected chi connectivity index (χ2v) is 4.28. The van der Waals surface area contributed by atoms with Crippen LogP contribution in [0, 0.1) is 12.7 Å². The minimum absolute atomic E-state index is 0.0303. The van der Waals surface area contributed by atoms with E-state index in [1.165, 1.54) is 17.0 Å². The summed E-state index contributed by atoms with van der Waals surface area (Å²) >= 11 is 0. The zero-order valence-electron chi connectivity index (χ0n) is 10.4. The van der Waals surface area contributed by atoms with Crippen LogP contribution in [0.1, 0.15) is 29.8 Å². The molecule has 0 aromatic heterocycles. The topological polar surface area (TPSA) is 40.5 Å². The van der Waals surface area contributed by atoms with Gasteiger partial charge in [0.1, 0.15) is 5.82 Å². The third-order valence-electron chi connectivity index (χ3n) is 2.66. The molecule has 1 aromatic carbocycles. The molecule has 0 saturated heterocycles. The first-order valence-electron chi connectivity index (χ1n) is 5.65. The van der Waals surface area contributed by atoms with Gasteiger partial charge in [0.2, 0.25) is 0 Å². The molecule has 0 aliphatic rings. The van der Waals surface area contributed by atoms with Crippen LogP contribution in [0.3, 0.4) is 0 Å². The molecule has 0 atom stereocenters. The Morgan fingerprint density at radius 3 is 2.65 bits per heavy atom. The highest BCUT2D eigenvalue weighted by Gasteiger charge is 2.20. The molecule has 0 unspecified atom stereocenters. The van der Waals surface area contributed by atoms with E-state index >= 15 is 0 Å². The zero-order chi connectivity index (χ0) is 13.0. The first-order valence-corrected chi connectivity index (χ1v) is 5.65. The zero-order valence-corrected chi connectivity index (χ0v) is 10.4. The summed E-state index contributed by atoms with van der Waals surface area (Å²) in [4.78, 5) is 13.7. The fourth-order valence-corrected chi connectivity index (χ4v) is 1.68. The first-order chi connectivity index (χ1) is 7.97. The summed E-state index contributed by atoms with van der Waals surface area (Å²) in [6.07, 6.45) is 0. The van der Waals surface area contributed by atoms with Crippen molar-refractivity contribution in [3.8, 4) is 0 Å². The standard InChI is InChI=1S/C13H18FNO2/c1-9(2)15(6-7-16)13(17)12-8-11(14)5-4-10(12)3/h4-5,8-9,16H,6-7H2,1-3H3. The third kappa shape index (κ3) is 3.27. The number of carbonyl (C=O) groups is 1. The quantitative estimate of drug-likeness (QED) is 0.872. The van der Waals surface area contributed by atoms with Crippen LogP contribution in [0.5, 0.6) is 0 Å². The van der Waals surface area contributed by atoms with Gasteiger partial charge in [0.25, 0.3) is 5.91 Å². The van der Waals surface area contributed by atoms with Crippen LogP contribution < -0.4 is 0 Å². The maximum absolute atomic E-state index is 13.1. The first kappa shape index (κ1) is 13.6. The van der Waals surface area contributed by atoms with Gasteiger partial charge in [-0.05, 0) is 38.5 Å². The molecule has 94 valence electrons. The van der Waals surface area contributed by atoms with Gasteiger partial charge >= 0.3 is 0 Å². The highest BCUT2D eigenvalue weighted by atomic mass is 19.1. The molecule has 0 saturated carbocycles. The SMILES string of the molecule is Cc1ccc(F)cc1C(=O)N(CCO)C(C)C. The van der Waals surface area contributed by atoms with Gasteiger partial charge in [-0.3, -0.25) is 4.79 Å². The Morgan fingerprint density at radius 2 is 2.12 bits per heavy atom. The molecular formula is C13H18FNO2. The van der Waals surface area contributed by atoms with E-state index in [0.29, 0.717) is 5.56 Å². The highest BCUT2D eigenvalue weighted by Crippen LogP contribution is 2.14. The summed E-state index contributed by atoms with van der Waals surface area (Å²) in [5.74, 6) is -0.669. The molecule has 0 fully saturated rings. The fraction of sp³-hybridized carbons (Fsp3) is 0.462. The van der Waals surface area contributed by atoms with Crippen LogP contribution in [0.4, 0.5) is 4.39 Å². The number of carbonyl (C=O) groups excluding carboxylic acids is 1. The van der Waals surface area contributed by atoms with Crippen molar-refractivity contribution in [2.75, 3.05) is 13.2 Å². The molecule has 4 heteroatoms. The number of amides is 1. The number of nitrogens with zero attached hydrogens (tertiary/aromatic N) is 1. The molecule has 0 bridgehead atoms. The van der Waals surface area contributed by atoms with Gasteiger partial charge in [-0.15, -0.1) is 0 Å². The van der Waals surface area contributed by atoms with E-state index in [0.717, 1.165) is 5.56 Å². The Balaban J connectivity index is 3.04. The number of rotatable bonds is 4. The van der Waals surface area contributed by atoms with E-state index in [9.17, 15) is 9.18 Å². The van der Waals surface area contributed by atoms with Crippen molar-refractivity contribution < 1.29 is 14.3 Å². The number of aryl methyl sites for hydroxylation is 1. The number of hydrogen-bond donors (Lipinski definition) is 1. The van der Waals surface area contributed by atoms with Gasteiger partial charge in [0, 0.05) is 18.2 Å². The Bertz CT molecular complexity index is 404. The van der Waals surface area contributed by atoms with Crippen molar-refractivity contribution in [2.24, 2.45) is 0 Å². The highest BCUT2D eigenvalue weighted by molar-refractivity contribution is 5.95. The maximum atomic E-state index is 13.1. The third-order valence-corrected chi connectivity index (χ3v) is 2.66. The van der Waals surface area contributed by atoms with Gasteiger partial charge in [0.15, 0.2) is 0 Å². The van der Waals surface area contributed by atoms with E-state index in [2.05, 4.69) is 0 Å². The smallest absolute Gasteiger partial charge is 0.254 e. The minimum Gasteiger partial charge on any atom is -0.395 e. The minimum atomic E-state index is -0.424. The van der Waals surface area contributed by atoms with E-state index < -0.39 is 5.82 Å². The second kappa shape index (κ2) is 5.77. The summed E-state index contributed by atoms with van der Waals surface area (Å²) in [5.41, 5.74) is 1.09. The monoisotopic (exact) mass is 239 g/mol. The van der Waals surface area contributed by atoms with Crippen molar-refractivity contribution in [1.29, 1.82) is 0 Å². The molecule has 1 N–H and O–H groups in total. The van der Waals surface area contributed by atoms with E-state index in [-0.39, 0.29) is 25.1 Å². The summed E-state index contributed by atoms with van der Waals surface area (Å²) in [5, 5.41) is 8.94. The van der Waals surface area contributed by atoms with Crippen molar-refractivity contribution >= 4 is 5.91 Å². The number of benzene rings is 1. The van der Waals surface area contributed by atoms with E-state index in [1.807, 2.05) is 13.8 Å². The summed E-state index contributed by atoms with van der Waals surface area (Å²) < 4.78 is 13.1. The van der Waals surface area contributed by atoms with Crippen LogP contribution in [0.2, 0.25) is 0 Å². The molecule has 1 rings (SSSR count). The molecule has 0 aliphatic heterocycles. The summed E-state index contributed by atoms with van der Waals surface area (Å²) in [7, 11) is 0. The van der Waals surface area contributed by atoms with Gasteiger partial charge in [-0.1, -0.05) is 6.07 Å². The lowest BCUT2D eigenvalue weighted by Gasteiger charge is -2.26.